The van der Waals surface area contributed by atoms with Crippen LogP contribution in [0.4, 0.5) is 0 Å². The van der Waals surface area contributed by atoms with E-state index in [0.29, 0.717) is 19.1 Å². The van der Waals surface area contributed by atoms with Gasteiger partial charge in [0.25, 0.3) is 0 Å². The third-order valence-corrected chi connectivity index (χ3v) is 3.08. The minimum Gasteiger partial charge on any atom is -0.493 e. The Hall–Kier alpha value is -1.42. The lowest BCUT2D eigenvalue weighted by atomic mass is 10.1. The van der Waals surface area contributed by atoms with Crippen LogP contribution in [-0.2, 0) is 6.54 Å². The molecule has 0 saturated heterocycles. The molecule has 100 valence electrons. The summed E-state index contributed by atoms with van der Waals surface area (Å²) in [6.45, 7) is 5.80. The molecule has 0 saturated carbocycles. The number of benzene rings is 1. The molecular weight excluding hydrogens is 230 g/mol. The van der Waals surface area contributed by atoms with E-state index in [1.165, 1.54) is 12.8 Å². The number of ether oxygens (including phenoxy) is 3. The summed E-state index contributed by atoms with van der Waals surface area (Å²) < 4.78 is 16.5. The van der Waals surface area contributed by atoms with Crippen LogP contribution >= 0.6 is 0 Å². The van der Waals surface area contributed by atoms with Crippen LogP contribution in [0.15, 0.2) is 12.1 Å². The Morgan fingerprint density at radius 1 is 1.33 bits per heavy atom. The van der Waals surface area contributed by atoms with Crippen molar-refractivity contribution >= 4 is 0 Å². The molecule has 0 amide bonds. The van der Waals surface area contributed by atoms with Crippen molar-refractivity contribution in [2.75, 3.05) is 13.4 Å². The van der Waals surface area contributed by atoms with Gasteiger partial charge in [-0.25, -0.2) is 0 Å². The van der Waals surface area contributed by atoms with E-state index in [1.54, 1.807) is 0 Å². The maximum absolute atomic E-state index is 5.85. The van der Waals surface area contributed by atoms with Crippen molar-refractivity contribution in [1.29, 1.82) is 0 Å². The van der Waals surface area contributed by atoms with E-state index in [2.05, 4.69) is 13.8 Å². The zero-order valence-corrected chi connectivity index (χ0v) is 11.1. The zero-order chi connectivity index (χ0) is 13.0. The summed E-state index contributed by atoms with van der Waals surface area (Å²) >= 11 is 0. The SMILES string of the molecule is CCCC(C)COc1cc2c(cc1CN)OCO2. The van der Waals surface area contributed by atoms with Crippen molar-refractivity contribution in [1.82, 2.24) is 0 Å². The first kappa shape index (κ1) is 13.0. The molecule has 1 unspecified atom stereocenters. The van der Waals surface area contributed by atoms with Gasteiger partial charge in [0.2, 0.25) is 6.79 Å². The summed E-state index contributed by atoms with van der Waals surface area (Å²) in [4.78, 5) is 0. The maximum atomic E-state index is 5.85. The fourth-order valence-electron chi connectivity index (χ4n) is 2.07. The highest BCUT2D eigenvalue weighted by molar-refractivity contribution is 5.51. The van der Waals surface area contributed by atoms with Crippen molar-refractivity contribution < 1.29 is 14.2 Å². The number of nitrogens with two attached hydrogens (primary N) is 1. The molecule has 2 rings (SSSR count). The number of fused-ring (bicyclic) bond motifs is 1. The van der Waals surface area contributed by atoms with Crippen LogP contribution in [-0.4, -0.2) is 13.4 Å². The van der Waals surface area contributed by atoms with Crippen molar-refractivity contribution in [3.8, 4) is 17.2 Å². The molecule has 4 heteroatoms. The molecule has 0 aliphatic carbocycles. The lowest BCUT2D eigenvalue weighted by Gasteiger charge is -2.15. The third kappa shape index (κ3) is 2.88. The van der Waals surface area contributed by atoms with E-state index in [-0.39, 0.29) is 6.79 Å². The number of hydrogen-bond acceptors (Lipinski definition) is 4. The lowest BCUT2D eigenvalue weighted by molar-refractivity contribution is 0.173. The second-order valence-corrected chi connectivity index (χ2v) is 4.72. The maximum Gasteiger partial charge on any atom is 0.231 e. The molecule has 4 nitrogen and oxygen atoms in total. The Balaban J connectivity index is 2.07. The van der Waals surface area contributed by atoms with Crippen LogP contribution in [0.5, 0.6) is 17.2 Å². The molecule has 0 bridgehead atoms. The average molecular weight is 251 g/mol. The molecule has 0 radical (unpaired) electrons. The van der Waals surface area contributed by atoms with E-state index in [0.717, 1.165) is 22.8 Å². The van der Waals surface area contributed by atoms with E-state index >= 15 is 0 Å². The fraction of sp³-hybridized carbons (Fsp3) is 0.571. The minimum absolute atomic E-state index is 0.273. The molecular formula is C14H21NO3. The number of rotatable bonds is 6. The fourth-order valence-corrected chi connectivity index (χ4v) is 2.07. The van der Waals surface area contributed by atoms with Crippen molar-refractivity contribution in [3.63, 3.8) is 0 Å². The summed E-state index contributed by atoms with van der Waals surface area (Å²) in [5.74, 6) is 2.85. The van der Waals surface area contributed by atoms with Gasteiger partial charge in [0, 0.05) is 18.2 Å². The Morgan fingerprint density at radius 3 is 2.72 bits per heavy atom. The monoisotopic (exact) mass is 251 g/mol. The summed E-state index contributed by atoms with van der Waals surface area (Å²) in [6.07, 6.45) is 2.35. The Kier molecular flexibility index (Phi) is 4.31. The second kappa shape index (κ2) is 5.96. The highest BCUT2D eigenvalue weighted by Crippen LogP contribution is 2.38. The van der Waals surface area contributed by atoms with Gasteiger partial charge in [-0.2, -0.15) is 0 Å². The van der Waals surface area contributed by atoms with Crippen LogP contribution in [0.1, 0.15) is 32.3 Å². The van der Waals surface area contributed by atoms with Gasteiger partial charge in [0.1, 0.15) is 5.75 Å². The molecule has 0 aromatic heterocycles. The highest BCUT2D eigenvalue weighted by Gasteiger charge is 2.17. The van der Waals surface area contributed by atoms with Gasteiger partial charge in [-0.3, -0.25) is 0 Å². The van der Waals surface area contributed by atoms with Crippen LogP contribution in [0.25, 0.3) is 0 Å². The minimum atomic E-state index is 0.273. The molecule has 1 aliphatic rings. The molecule has 1 aliphatic heterocycles. The van der Waals surface area contributed by atoms with Crippen LogP contribution in [0.3, 0.4) is 0 Å². The molecule has 1 atom stereocenters. The summed E-state index contributed by atoms with van der Waals surface area (Å²) in [5.41, 5.74) is 6.69. The van der Waals surface area contributed by atoms with Gasteiger partial charge < -0.3 is 19.9 Å². The van der Waals surface area contributed by atoms with E-state index in [4.69, 9.17) is 19.9 Å². The summed E-state index contributed by atoms with van der Waals surface area (Å²) in [5, 5.41) is 0. The quantitative estimate of drug-likeness (QED) is 0.844. The molecule has 1 heterocycles. The van der Waals surface area contributed by atoms with Gasteiger partial charge >= 0.3 is 0 Å². The molecule has 2 N–H and O–H groups in total. The largest absolute Gasteiger partial charge is 0.493 e. The van der Waals surface area contributed by atoms with Crippen LogP contribution in [0.2, 0.25) is 0 Å². The van der Waals surface area contributed by atoms with Crippen molar-refractivity contribution in [3.05, 3.63) is 17.7 Å². The standard InChI is InChI=1S/C14H21NO3/c1-3-4-10(2)8-16-12-6-14-13(17-9-18-14)5-11(12)7-15/h5-6,10H,3-4,7-9,15H2,1-2H3. The highest BCUT2D eigenvalue weighted by atomic mass is 16.7. The van der Waals surface area contributed by atoms with E-state index in [1.807, 2.05) is 12.1 Å². The Morgan fingerprint density at radius 2 is 2.06 bits per heavy atom. The Bertz CT molecular complexity index is 406. The summed E-state index contributed by atoms with van der Waals surface area (Å²) in [6, 6.07) is 3.78. The van der Waals surface area contributed by atoms with E-state index < -0.39 is 0 Å². The Labute approximate surface area is 108 Å². The lowest BCUT2D eigenvalue weighted by Crippen LogP contribution is -2.10. The molecule has 0 fully saturated rings. The predicted octanol–water partition coefficient (Wildman–Crippen LogP) is 2.69. The normalized spacial score (nSPS) is 14.6. The van der Waals surface area contributed by atoms with Crippen LogP contribution in [0, 0.1) is 5.92 Å². The first-order valence-electron chi connectivity index (χ1n) is 6.50. The summed E-state index contributed by atoms with van der Waals surface area (Å²) in [7, 11) is 0. The molecule has 1 aromatic carbocycles. The zero-order valence-electron chi connectivity index (χ0n) is 11.1. The van der Waals surface area contributed by atoms with E-state index in [9.17, 15) is 0 Å². The average Bonchev–Trinajstić information content (AvgIpc) is 2.82. The van der Waals surface area contributed by atoms with Crippen molar-refractivity contribution in [2.24, 2.45) is 11.7 Å². The van der Waals surface area contributed by atoms with Crippen LogP contribution < -0.4 is 19.9 Å². The topological polar surface area (TPSA) is 53.7 Å². The second-order valence-electron chi connectivity index (χ2n) is 4.72. The molecule has 1 aromatic rings. The molecule has 0 spiro atoms. The number of hydrogen-bond donors (Lipinski definition) is 1. The first-order chi connectivity index (χ1) is 8.74. The third-order valence-electron chi connectivity index (χ3n) is 3.08. The van der Waals surface area contributed by atoms with Crippen molar-refractivity contribution in [2.45, 2.75) is 33.2 Å². The van der Waals surface area contributed by atoms with Gasteiger partial charge in [0.15, 0.2) is 11.5 Å². The van der Waals surface area contributed by atoms with Gasteiger partial charge in [-0.1, -0.05) is 20.3 Å². The van der Waals surface area contributed by atoms with Gasteiger partial charge in [-0.15, -0.1) is 0 Å². The predicted molar refractivity (Wildman–Crippen MR) is 70.0 cm³/mol. The molecule has 18 heavy (non-hydrogen) atoms. The first-order valence-corrected chi connectivity index (χ1v) is 6.50. The van der Waals surface area contributed by atoms with Gasteiger partial charge in [-0.05, 0) is 18.4 Å². The smallest absolute Gasteiger partial charge is 0.231 e. The van der Waals surface area contributed by atoms with Gasteiger partial charge in [0.05, 0.1) is 6.61 Å².